The Morgan fingerprint density at radius 3 is 2.45 bits per heavy atom. The van der Waals surface area contributed by atoms with Crippen LogP contribution in [0.2, 0.25) is 0 Å². The number of hydrazone groups is 1. The molecule has 10 heteroatoms. The third-order valence-electron chi connectivity index (χ3n) is 3.99. The molecule has 1 N–H and O–H groups in total. The largest absolute Gasteiger partial charge is 0.295 e. The van der Waals surface area contributed by atoms with Crippen molar-refractivity contribution in [1.29, 1.82) is 0 Å². The van der Waals surface area contributed by atoms with E-state index in [9.17, 15) is 18.5 Å². The lowest BCUT2D eigenvalue weighted by atomic mass is 10.2. The van der Waals surface area contributed by atoms with E-state index in [1.165, 1.54) is 22.7 Å². The predicted molar refractivity (Wildman–Crippen MR) is 116 cm³/mol. The van der Waals surface area contributed by atoms with Gasteiger partial charge in [-0.05, 0) is 23.8 Å². The van der Waals surface area contributed by atoms with E-state index in [0.29, 0.717) is 5.03 Å². The summed E-state index contributed by atoms with van der Waals surface area (Å²) in [5.41, 5.74) is 3.06. The monoisotopic (exact) mass is 436 g/mol. The highest BCUT2D eigenvalue weighted by molar-refractivity contribution is 7.89. The van der Waals surface area contributed by atoms with Crippen molar-refractivity contribution < 1.29 is 13.3 Å². The van der Waals surface area contributed by atoms with Crippen LogP contribution in [-0.2, 0) is 10.0 Å². The van der Waals surface area contributed by atoms with Gasteiger partial charge in [0, 0.05) is 19.2 Å². The number of nitro groups is 1. The highest BCUT2D eigenvalue weighted by Gasteiger charge is 2.25. The van der Waals surface area contributed by atoms with E-state index < -0.39 is 20.6 Å². The van der Waals surface area contributed by atoms with Gasteiger partial charge in [-0.15, -0.1) is 0 Å². The molecule has 0 saturated carbocycles. The van der Waals surface area contributed by atoms with E-state index in [-0.39, 0.29) is 23.7 Å². The summed E-state index contributed by atoms with van der Waals surface area (Å²) in [4.78, 5) is 10.6. The summed E-state index contributed by atoms with van der Waals surface area (Å²) in [5.74, 6) is 0. The molecule has 0 fully saturated rings. The highest BCUT2D eigenvalue weighted by Crippen LogP contribution is 2.29. The van der Waals surface area contributed by atoms with E-state index in [1.54, 1.807) is 19.9 Å². The first-order valence-corrected chi connectivity index (χ1v) is 10.6. The number of hydrogen-bond donors (Lipinski definition) is 1. The average Bonchev–Trinajstić information content (AvgIpc) is 2.69. The van der Waals surface area contributed by atoms with Crippen LogP contribution >= 0.6 is 11.6 Å². The number of halogens is 1. The smallest absolute Gasteiger partial charge is 0.272 e. The van der Waals surface area contributed by atoms with Gasteiger partial charge in [0.1, 0.15) is 5.69 Å². The molecule has 2 rings (SSSR count). The van der Waals surface area contributed by atoms with Crippen LogP contribution in [0.3, 0.4) is 0 Å². The number of benzene rings is 2. The molecule has 0 heterocycles. The topological polar surface area (TPSA) is 105 Å². The minimum atomic E-state index is -3.81. The molecule has 0 unspecified atom stereocenters. The first-order valence-electron chi connectivity index (χ1n) is 8.79. The van der Waals surface area contributed by atoms with Gasteiger partial charge in [-0.3, -0.25) is 15.5 Å². The Labute approximate surface area is 174 Å². The third kappa shape index (κ3) is 5.86. The molecular weight excluding hydrogens is 416 g/mol. The Balaban J connectivity index is 2.25. The van der Waals surface area contributed by atoms with Crippen molar-refractivity contribution in [1.82, 2.24) is 4.31 Å². The number of hydrogen-bond acceptors (Lipinski definition) is 6. The van der Waals surface area contributed by atoms with Gasteiger partial charge in [-0.1, -0.05) is 55.8 Å². The molecule has 154 valence electrons. The first-order chi connectivity index (χ1) is 13.8. The van der Waals surface area contributed by atoms with Crippen LogP contribution in [0.15, 0.2) is 63.6 Å². The number of anilines is 1. The van der Waals surface area contributed by atoms with Gasteiger partial charge in [0.15, 0.2) is 0 Å². The molecule has 0 aliphatic rings. The summed E-state index contributed by atoms with van der Waals surface area (Å²) in [5, 5.41) is 15.6. The molecule has 0 aliphatic carbocycles. The van der Waals surface area contributed by atoms with Gasteiger partial charge in [0.2, 0.25) is 10.0 Å². The molecule has 0 atom stereocenters. The number of nitrogens with one attached hydrogen (secondary N) is 1. The van der Waals surface area contributed by atoms with Gasteiger partial charge in [-0.25, -0.2) is 8.42 Å². The Kier molecular flexibility index (Phi) is 7.89. The van der Waals surface area contributed by atoms with Crippen LogP contribution in [0.25, 0.3) is 6.08 Å². The quantitative estimate of drug-likeness (QED) is 0.358. The molecule has 0 spiro atoms. The molecule has 0 aliphatic heterocycles. The minimum Gasteiger partial charge on any atom is -0.272 e. The molecule has 0 bridgehead atoms. The lowest BCUT2D eigenvalue weighted by molar-refractivity contribution is -0.384. The fourth-order valence-electron chi connectivity index (χ4n) is 2.54. The van der Waals surface area contributed by atoms with Crippen LogP contribution in [-0.4, -0.2) is 37.0 Å². The van der Waals surface area contributed by atoms with Gasteiger partial charge >= 0.3 is 0 Å². The van der Waals surface area contributed by atoms with Crippen molar-refractivity contribution in [2.24, 2.45) is 5.10 Å². The van der Waals surface area contributed by atoms with E-state index in [0.717, 1.165) is 11.6 Å². The maximum absolute atomic E-state index is 12.6. The van der Waals surface area contributed by atoms with Crippen LogP contribution in [0.1, 0.15) is 19.4 Å². The van der Waals surface area contributed by atoms with Crippen molar-refractivity contribution in [2.45, 2.75) is 18.7 Å². The zero-order valence-corrected chi connectivity index (χ0v) is 17.5. The number of sulfonamides is 1. The summed E-state index contributed by atoms with van der Waals surface area (Å²) in [6.07, 6.45) is 2.99. The normalized spacial score (nSPS) is 12.5. The molecule has 0 amide bonds. The van der Waals surface area contributed by atoms with E-state index in [4.69, 9.17) is 11.6 Å². The van der Waals surface area contributed by atoms with Crippen molar-refractivity contribution in [3.63, 3.8) is 0 Å². The Morgan fingerprint density at radius 2 is 1.86 bits per heavy atom. The zero-order chi connectivity index (χ0) is 21.4. The van der Waals surface area contributed by atoms with Gasteiger partial charge in [0.05, 0.1) is 21.1 Å². The SMILES string of the molecule is CCN(CC)S(=O)(=O)c1ccc(N/N=C/C(Cl)=C/c2ccccc2)c([N+](=O)[O-])c1. The maximum atomic E-state index is 12.6. The average molecular weight is 437 g/mol. The zero-order valence-electron chi connectivity index (χ0n) is 15.9. The summed E-state index contributed by atoms with van der Waals surface area (Å²) >= 11 is 6.09. The molecule has 2 aromatic rings. The second-order valence-corrected chi connectivity index (χ2v) is 8.21. The van der Waals surface area contributed by atoms with Gasteiger partial charge in [-0.2, -0.15) is 9.41 Å². The van der Waals surface area contributed by atoms with E-state index >= 15 is 0 Å². The summed E-state index contributed by atoms with van der Waals surface area (Å²) in [6, 6.07) is 13.0. The minimum absolute atomic E-state index is 0.0499. The molecular formula is C19H21ClN4O4S. The number of nitro benzene ring substituents is 1. The van der Waals surface area contributed by atoms with Crippen LogP contribution < -0.4 is 5.43 Å². The number of nitrogens with zero attached hydrogens (tertiary/aromatic N) is 3. The standard InChI is InChI=1S/C19H21ClN4O4S/c1-3-23(4-2)29(27,28)17-10-11-18(19(13-17)24(25)26)22-21-14-16(20)12-15-8-6-5-7-9-15/h5-14,22H,3-4H2,1-2H3/b16-12-,21-14+. The Hall–Kier alpha value is -2.75. The van der Waals surface area contributed by atoms with Crippen LogP contribution in [0.5, 0.6) is 0 Å². The fraction of sp³-hybridized carbons (Fsp3) is 0.211. The van der Waals surface area contributed by atoms with Crippen LogP contribution in [0, 0.1) is 10.1 Å². The maximum Gasteiger partial charge on any atom is 0.295 e. The van der Waals surface area contributed by atoms with Gasteiger partial charge < -0.3 is 0 Å². The van der Waals surface area contributed by atoms with Crippen molar-refractivity contribution in [3.05, 3.63) is 69.2 Å². The Bertz CT molecular complexity index is 1020. The van der Waals surface area contributed by atoms with Crippen LogP contribution in [0.4, 0.5) is 11.4 Å². The number of allylic oxidation sites excluding steroid dienone is 1. The van der Waals surface area contributed by atoms with Crippen molar-refractivity contribution in [3.8, 4) is 0 Å². The number of rotatable bonds is 9. The van der Waals surface area contributed by atoms with E-state index in [1.807, 2.05) is 30.3 Å². The van der Waals surface area contributed by atoms with Crippen molar-refractivity contribution >= 4 is 45.3 Å². The second kappa shape index (κ2) is 10.1. The van der Waals surface area contributed by atoms with Gasteiger partial charge in [0.25, 0.3) is 5.69 Å². The molecule has 0 radical (unpaired) electrons. The molecule has 0 aromatic heterocycles. The third-order valence-corrected chi connectivity index (χ3v) is 6.24. The lowest BCUT2D eigenvalue weighted by Gasteiger charge is -2.18. The lowest BCUT2D eigenvalue weighted by Crippen LogP contribution is -2.30. The summed E-state index contributed by atoms with van der Waals surface area (Å²) in [7, 11) is -3.81. The fourth-order valence-corrected chi connectivity index (χ4v) is 4.19. The first kappa shape index (κ1) is 22.5. The van der Waals surface area contributed by atoms with Crippen molar-refractivity contribution in [2.75, 3.05) is 18.5 Å². The molecule has 0 saturated heterocycles. The Morgan fingerprint density at radius 1 is 1.21 bits per heavy atom. The summed E-state index contributed by atoms with van der Waals surface area (Å²) < 4.78 is 26.4. The second-order valence-electron chi connectivity index (χ2n) is 5.84. The highest BCUT2D eigenvalue weighted by atomic mass is 35.5. The molecule has 8 nitrogen and oxygen atoms in total. The molecule has 29 heavy (non-hydrogen) atoms. The predicted octanol–water partition coefficient (Wildman–Crippen LogP) is 4.30. The summed E-state index contributed by atoms with van der Waals surface area (Å²) in [6.45, 7) is 3.94. The van der Waals surface area contributed by atoms with E-state index in [2.05, 4.69) is 10.5 Å². The molecule has 2 aromatic carbocycles.